The topological polar surface area (TPSA) is 60.8 Å². The molecule has 0 saturated carbocycles. The average molecular weight is 289 g/mol. The summed E-state index contributed by atoms with van der Waals surface area (Å²) in [6.07, 6.45) is 0.412. The molecular formula is C17H23NO3. The highest BCUT2D eigenvalue weighted by molar-refractivity contribution is 5.95. The number of aliphatic hydroxyl groups is 2. The fraction of sp³-hybridized carbons (Fsp3) is 0.471. The van der Waals surface area contributed by atoms with Crippen molar-refractivity contribution in [3.8, 4) is 11.8 Å². The summed E-state index contributed by atoms with van der Waals surface area (Å²) < 4.78 is 0. The van der Waals surface area contributed by atoms with Gasteiger partial charge in [-0.05, 0) is 38.5 Å². The molecule has 0 unspecified atom stereocenters. The monoisotopic (exact) mass is 289 g/mol. The standard InChI is InChI=1S/C17H23NO3/c1-13-8-9-14(7-5-6-10-19)11-15(13)16(20)18(4)12-17(2,3)21/h8-9,11,19,21H,6,10,12H2,1-4H3. The molecule has 0 aliphatic rings. The largest absolute Gasteiger partial charge is 0.395 e. The van der Waals surface area contributed by atoms with Gasteiger partial charge in [0.2, 0.25) is 0 Å². The summed E-state index contributed by atoms with van der Waals surface area (Å²) in [6.45, 7) is 5.49. The Morgan fingerprint density at radius 2 is 2.05 bits per heavy atom. The molecule has 0 radical (unpaired) electrons. The average Bonchev–Trinajstić information content (AvgIpc) is 2.38. The van der Waals surface area contributed by atoms with Crippen molar-refractivity contribution >= 4 is 5.91 Å². The molecule has 1 aromatic rings. The van der Waals surface area contributed by atoms with E-state index in [9.17, 15) is 9.90 Å². The lowest BCUT2D eigenvalue weighted by Gasteiger charge is -2.26. The van der Waals surface area contributed by atoms with Gasteiger partial charge in [-0.15, -0.1) is 0 Å². The molecule has 0 fully saturated rings. The lowest BCUT2D eigenvalue weighted by Crippen LogP contribution is -2.39. The summed E-state index contributed by atoms with van der Waals surface area (Å²) in [4.78, 5) is 14.0. The van der Waals surface area contributed by atoms with Crippen LogP contribution in [0.4, 0.5) is 0 Å². The van der Waals surface area contributed by atoms with Crippen molar-refractivity contribution in [2.75, 3.05) is 20.2 Å². The van der Waals surface area contributed by atoms with Crippen LogP contribution in [0.2, 0.25) is 0 Å². The summed E-state index contributed by atoms with van der Waals surface area (Å²) >= 11 is 0. The minimum Gasteiger partial charge on any atom is -0.395 e. The quantitative estimate of drug-likeness (QED) is 0.827. The molecule has 0 bridgehead atoms. The van der Waals surface area contributed by atoms with Crippen LogP contribution in [0, 0.1) is 18.8 Å². The fourth-order valence-corrected chi connectivity index (χ4v) is 2.01. The van der Waals surface area contributed by atoms with Gasteiger partial charge in [0.15, 0.2) is 0 Å². The van der Waals surface area contributed by atoms with Gasteiger partial charge in [0.05, 0.1) is 12.2 Å². The highest BCUT2D eigenvalue weighted by atomic mass is 16.3. The fourth-order valence-electron chi connectivity index (χ4n) is 2.01. The van der Waals surface area contributed by atoms with Gasteiger partial charge in [0.1, 0.15) is 0 Å². The predicted molar refractivity (Wildman–Crippen MR) is 83.0 cm³/mol. The highest BCUT2D eigenvalue weighted by Gasteiger charge is 2.21. The first kappa shape index (κ1) is 17.2. The highest BCUT2D eigenvalue weighted by Crippen LogP contribution is 2.14. The Balaban J connectivity index is 2.99. The number of hydrogen-bond acceptors (Lipinski definition) is 3. The second kappa shape index (κ2) is 7.26. The van der Waals surface area contributed by atoms with Crippen LogP contribution in [0.3, 0.4) is 0 Å². The minimum absolute atomic E-state index is 0.0268. The van der Waals surface area contributed by atoms with Gasteiger partial charge in [0.25, 0.3) is 5.91 Å². The first-order valence-corrected chi connectivity index (χ1v) is 6.93. The van der Waals surface area contributed by atoms with Crippen molar-refractivity contribution in [3.05, 3.63) is 34.9 Å². The molecule has 0 atom stereocenters. The second-order valence-corrected chi connectivity index (χ2v) is 5.78. The van der Waals surface area contributed by atoms with Gasteiger partial charge in [-0.1, -0.05) is 17.9 Å². The van der Waals surface area contributed by atoms with E-state index < -0.39 is 5.60 Å². The summed E-state index contributed by atoms with van der Waals surface area (Å²) in [7, 11) is 1.67. The first-order chi connectivity index (χ1) is 9.74. The van der Waals surface area contributed by atoms with Crippen molar-refractivity contribution in [1.82, 2.24) is 4.90 Å². The minimum atomic E-state index is -0.934. The molecule has 0 heterocycles. The van der Waals surface area contributed by atoms with Gasteiger partial charge < -0.3 is 15.1 Å². The Bertz CT molecular complexity index is 562. The maximum absolute atomic E-state index is 12.5. The number of nitrogens with zero attached hydrogens (tertiary/aromatic N) is 1. The number of aliphatic hydroxyl groups excluding tert-OH is 1. The molecule has 1 amide bonds. The third-order valence-corrected chi connectivity index (χ3v) is 2.91. The zero-order valence-corrected chi connectivity index (χ0v) is 13.1. The molecule has 114 valence electrons. The van der Waals surface area contributed by atoms with Gasteiger partial charge in [-0.2, -0.15) is 0 Å². The van der Waals surface area contributed by atoms with Crippen molar-refractivity contribution in [3.63, 3.8) is 0 Å². The number of hydrogen-bond donors (Lipinski definition) is 2. The van der Waals surface area contributed by atoms with E-state index in [0.717, 1.165) is 11.1 Å². The Morgan fingerprint density at radius 1 is 1.38 bits per heavy atom. The van der Waals surface area contributed by atoms with E-state index in [-0.39, 0.29) is 19.1 Å². The van der Waals surface area contributed by atoms with E-state index in [1.807, 2.05) is 19.1 Å². The molecule has 0 spiro atoms. The first-order valence-electron chi connectivity index (χ1n) is 6.93. The van der Waals surface area contributed by atoms with Crippen molar-refractivity contribution < 1.29 is 15.0 Å². The molecule has 1 rings (SSSR count). The maximum atomic E-state index is 12.5. The van der Waals surface area contributed by atoms with Crippen LogP contribution in [0.25, 0.3) is 0 Å². The summed E-state index contributed by atoms with van der Waals surface area (Å²) in [5.41, 5.74) is 1.26. The molecule has 21 heavy (non-hydrogen) atoms. The molecule has 0 aliphatic carbocycles. The summed E-state index contributed by atoms with van der Waals surface area (Å²) in [5, 5.41) is 18.5. The number of rotatable bonds is 4. The summed E-state index contributed by atoms with van der Waals surface area (Å²) in [6, 6.07) is 5.46. The van der Waals surface area contributed by atoms with Crippen molar-refractivity contribution in [1.29, 1.82) is 0 Å². The van der Waals surface area contributed by atoms with Crippen LogP contribution in [0.15, 0.2) is 18.2 Å². The van der Waals surface area contributed by atoms with Crippen LogP contribution in [-0.4, -0.2) is 46.8 Å². The van der Waals surface area contributed by atoms with E-state index in [4.69, 9.17) is 5.11 Å². The maximum Gasteiger partial charge on any atom is 0.254 e. The number of likely N-dealkylation sites (N-methyl/N-ethyl adjacent to an activating group) is 1. The number of aryl methyl sites for hydroxylation is 1. The molecule has 0 saturated heterocycles. The number of amides is 1. The smallest absolute Gasteiger partial charge is 0.254 e. The molecular weight excluding hydrogens is 266 g/mol. The van der Waals surface area contributed by atoms with Crippen LogP contribution < -0.4 is 0 Å². The zero-order valence-electron chi connectivity index (χ0n) is 13.1. The van der Waals surface area contributed by atoms with E-state index in [2.05, 4.69) is 11.8 Å². The van der Waals surface area contributed by atoms with E-state index in [1.54, 1.807) is 27.0 Å². The molecule has 0 aliphatic heterocycles. The van der Waals surface area contributed by atoms with Crippen LogP contribution >= 0.6 is 0 Å². The normalized spacial score (nSPS) is 10.8. The lowest BCUT2D eigenvalue weighted by molar-refractivity contribution is 0.0367. The van der Waals surface area contributed by atoms with Gasteiger partial charge in [-0.25, -0.2) is 0 Å². The number of carbonyl (C=O) groups excluding carboxylic acids is 1. The van der Waals surface area contributed by atoms with Gasteiger partial charge in [0, 0.05) is 31.1 Å². The Labute approximate surface area is 126 Å². The predicted octanol–water partition coefficient (Wildman–Crippen LogP) is 1.57. The molecule has 1 aromatic carbocycles. The molecule has 2 N–H and O–H groups in total. The Kier molecular flexibility index (Phi) is 5.95. The Hall–Kier alpha value is -1.83. The van der Waals surface area contributed by atoms with Gasteiger partial charge >= 0.3 is 0 Å². The third kappa shape index (κ3) is 5.58. The zero-order chi connectivity index (χ0) is 16.0. The van der Waals surface area contributed by atoms with Gasteiger partial charge in [-0.3, -0.25) is 4.79 Å². The second-order valence-electron chi connectivity index (χ2n) is 5.78. The van der Waals surface area contributed by atoms with E-state index in [1.165, 1.54) is 4.90 Å². The Morgan fingerprint density at radius 3 is 2.62 bits per heavy atom. The van der Waals surface area contributed by atoms with E-state index in [0.29, 0.717) is 12.0 Å². The SMILES string of the molecule is Cc1ccc(C#CCCO)cc1C(=O)N(C)CC(C)(C)O. The molecule has 4 heteroatoms. The van der Waals surface area contributed by atoms with Crippen molar-refractivity contribution in [2.24, 2.45) is 0 Å². The number of benzene rings is 1. The molecule has 4 nitrogen and oxygen atoms in total. The van der Waals surface area contributed by atoms with Crippen LogP contribution in [0.5, 0.6) is 0 Å². The lowest BCUT2D eigenvalue weighted by atomic mass is 10.0. The third-order valence-electron chi connectivity index (χ3n) is 2.91. The van der Waals surface area contributed by atoms with Crippen molar-refractivity contribution in [2.45, 2.75) is 32.8 Å². The number of carbonyl (C=O) groups is 1. The van der Waals surface area contributed by atoms with Crippen LogP contribution in [0.1, 0.15) is 41.8 Å². The molecule has 0 aromatic heterocycles. The van der Waals surface area contributed by atoms with Crippen LogP contribution in [-0.2, 0) is 0 Å². The summed E-state index contributed by atoms with van der Waals surface area (Å²) in [5.74, 6) is 5.63. The van der Waals surface area contributed by atoms with E-state index >= 15 is 0 Å².